The Morgan fingerprint density at radius 2 is 1.54 bits per heavy atom. The predicted octanol–water partition coefficient (Wildman–Crippen LogP) is 2.90. The van der Waals surface area contributed by atoms with Crippen molar-refractivity contribution in [2.75, 3.05) is 32.8 Å². The molecule has 0 spiro atoms. The fraction of sp³-hybridized carbons (Fsp3) is 0.344. The standard InChI is InChI=1S/C31H33N3O4.CH2O2/c32-29(35)24-10-3-6-13-28(24)38-19-7-16-34-17-14-21(15-18-34)27(20-34)33-30(36)31(37)25-11-4-1-8-22(25)23-9-2-5-12-26(23)31;2-1-3/h1-6,8-13,21,27,37H,7,14-20H2,(H2-,32,33,35,36);1H,(H,2,3)/p+1/t21?,27-,34?;/m0./s1. The van der Waals surface area contributed by atoms with Crippen molar-refractivity contribution in [2.24, 2.45) is 11.7 Å². The lowest BCUT2D eigenvalue weighted by molar-refractivity contribution is -0.944. The second kappa shape index (κ2) is 11.7. The van der Waals surface area contributed by atoms with E-state index in [9.17, 15) is 14.7 Å². The first-order chi connectivity index (χ1) is 19.8. The van der Waals surface area contributed by atoms with E-state index < -0.39 is 11.5 Å². The minimum atomic E-state index is -1.69. The number of rotatable bonds is 8. The van der Waals surface area contributed by atoms with Gasteiger partial charge in [-0.2, -0.15) is 0 Å². The Morgan fingerprint density at radius 1 is 0.976 bits per heavy atom. The van der Waals surface area contributed by atoms with Gasteiger partial charge in [-0.15, -0.1) is 0 Å². The largest absolute Gasteiger partial charge is 0.493 e. The minimum Gasteiger partial charge on any atom is -0.493 e. The molecule has 0 unspecified atom stereocenters. The number of nitrogens with zero attached hydrogens (tertiary/aromatic N) is 1. The molecule has 3 heterocycles. The third-order valence-electron chi connectivity index (χ3n) is 8.86. The number of carbonyl (C=O) groups is 3. The van der Waals surface area contributed by atoms with Crippen LogP contribution in [0.3, 0.4) is 0 Å². The lowest BCUT2D eigenvalue weighted by Crippen LogP contribution is -2.68. The van der Waals surface area contributed by atoms with Gasteiger partial charge in [0.25, 0.3) is 18.3 Å². The summed E-state index contributed by atoms with van der Waals surface area (Å²) in [6.45, 7) is 4.22. The summed E-state index contributed by atoms with van der Waals surface area (Å²) in [6.07, 6.45) is 2.95. The van der Waals surface area contributed by atoms with Gasteiger partial charge in [-0.1, -0.05) is 60.7 Å². The van der Waals surface area contributed by atoms with Crippen molar-refractivity contribution < 1.29 is 33.8 Å². The topological polar surface area (TPSA) is 139 Å². The molecule has 0 aromatic heterocycles. The van der Waals surface area contributed by atoms with Crippen LogP contribution >= 0.6 is 0 Å². The normalized spacial score (nSPS) is 22.9. The molecule has 3 saturated heterocycles. The van der Waals surface area contributed by atoms with Crippen molar-refractivity contribution in [3.8, 4) is 16.9 Å². The van der Waals surface area contributed by atoms with Crippen LogP contribution in [0.4, 0.5) is 0 Å². The molecule has 3 aromatic rings. The third-order valence-corrected chi connectivity index (χ3v) is 8.86. The number of carbonyl (C=O) groups excluding carboxylic acids is 2. The number of aliphatic hydroxyl groups is 1. The van der Waals surface area contributed by atoms with Crippen molar-refractivity contribution in [3.63, 3.8) is 0 Å². The lowest BCUT2D eigenvalue weighted by atomic mass is 9.80. The molecular formula is C32H36N3O6+. The average molecular weight is 559 g/mol. The van der Waals surface area contributed by atoms with Gasteiger partial charge in [-0.3, -0.25) is 14.4 Å². The van der Waals surface area contributed by atoms with Crippen LogP contribution in [0, 0.1) is 5.92 Å². The summed E-state index contributed by atoms with van der Waals surface area (Å²) in [5, 5.41) is 22.1. The maximum Gasteiger partial charge on any atom is 0.290 e. The fourth-order valence-corrected chi connectivity index (χ4v) is 6.87. The smallest absolute Gasteiger partial charge is 0.290 e. The van der Waals surface area contributed by atoms with Crippen molar-refractivity contribution in [3.05, 3.63) is 89.5 Å². The molecule has 0 radical (unpaired) electrons. The summed E-state index contributed by atoms with van der Waals surface area (Å²) < 4.78 is 6.86. The van der Waals surface area contributed by atoms with Gasteiger partial charge in [0.1, 0.15) is 5.75 Å². The quantitative estimate of drug-likeness (QED) is 0.191. The summed E-state index contributed by atoms with van der Waals surface area (Å²) in [5.41, 5.74) is 7.31. The highest BCUT2D eigenvalue weighted by Crippen LogP contribution is 2.47. The van der Waals surface area contributed by atoms with Crippen LogP contribution in [0.25, 0.3) is 11.1 Å². The Morgan fingerprint density at radius 3 is 2.15 bits per heavy atom. The number of nitrogens with one attached hydrogen (secondary N) is 1. The molecule has 3 aliphatic heterocycles. The summed E-state index contributed by atoms with van der Waals surface area (Å²) in [5.74, 6) is 0.118. The van der Waals surface area contributed by atoms with Gasteiger partial charge in [-0.05, 0) is 29.2 Å². The number of para-hydroxylation sites is 1. The molecule has 2 amide bonds. The van der Waals surface area contributed by atoms with Gasteiger partial charge >= 0.3 is 0 Å². The average Bonchev–Trinajstić information content (AvgIpc) is 3.26. The SMILES string of the molecule is NC(=O)c1ccccc1OCCC[N+]12CCC(CC1)[C@@H](NC(=O)C1(O)c3ccccc3-c3ccccc31)C2.O=CO. The van der Waals surface area contributed by atoms with E-state index in [-0.39, 0.29) is 18.4 Å². The molecule has 5 N–H and O–H groups in total. The van der Waals surface area contributed by atoms with Crippen molar-refractivity contribution >= 4 is 18.3 Å². The number of fused-ring (bicyclic) bond motifs is 6. The third kappa shape index (κ3) is 5.30. The second-order valence-electron chi connectivity index (χ2n) is 11.1. The number of primary amides is 1. The second-order valence-corrected chi connectivity index (χ2v) is 11.1. The molecule has 2 bridgehead atoms. The Kier molecular flexibility index (Phi) is 8.10. The van der Waals surface area contributed by atoms with Gasteiger partial charge in [-0.25, -0.2) is 0 Å². The highest BCUT2D eigenvalue weighted by Gasteiger charge is 2.51. The Bertz CT molecular complexity index is 1390. The molecule has 4 aliphatic rings. The Labute approximate surface area is 239 Å². The zero-order valence-electron chi connectivity index (χ0n) is 22.9. The molecule has 1 atom stereocenters. The highest BCUT2D eigenvalue weighted by molar-refractivity contribution is 5.99. The molecular weight excluding hydrogens is 522 g/mol. The lowest BCUT2D eigenvalue weighted by Gasteiger charge is -2.53. The summed E-state index contributed by atoms with van der Waals surface area (Å²) in [7, 11) is 0. The van der Waals surface area contributed by atoms with E-state index in [4.69, 9.17) is 20.4 Å². The van der Waals surface area contributed by atoms with Crippen LogP contribution in [0.15, 0.2) is 72.8 Å². The predicted molar refractivity (Wildman–Crippen MR) is 153 cm³/mol. The summed E-state index contributed by atoms with van der Waals surface area (Å²) in [6, 6.07) is 22.4. The van der Waals surface area contributed by atoms with E-state index in [1.54, 1.807) is 18.2 Å². The molecule has 3 fully saturated rings. The number of piperidine rings is 3. The van der Waals surface area contributed by atoms with E-state index in [0.717, 1.165) is 61.1 Å². The molecule has 41 heavy (non-hydrogen) atoms. The number of hydrogen-bond donors (Lipinski definition) is 4. The van der Waals surface area contributed by atoms with Gasteiger partial charge in [0.2, 0.25) is 0 Å². The number of amides is 2. The number of nitrogens with two attached hydrogens (primary N) is 1. The zero-order valence-corrected chi connectivity index (χ0v) is 22.9. The number of carboxylic acid groups (broad SMARTS) is 1. The first-order valence-corrected chi connectivity index (χ1v) is 14.0. The van der Waals surface area contributed by atoms with Crippen LogP contribution in [0.2, 0.25) is 0 Å². The van der Waals surface area contributed by atoms with E-state index in [2.05, 4.69) is 5.32 Å². The maximum atomic E-state index is 13.8. The minimum absolute atomic E-state index is 0.0189. The van der Waals surface area contributed by atoms with Gasteiger partial charge in [0, 0.05) is 30.4 Å². The van der Waals surface area contributed by atoms with Crippen LogP contribution < -0.4 is 15.8 Å². The van der Waals surface area contributed by atoms with Crippen LogP contribution in [-0.4, -0.2) is 71.8 Å². The molecule has 214 valence electrons. The Balaban J connectivity index is 0.00000108. The number of ether oxygens (including phenoxy) is 1. The molecule has 1 aliphatic carbocycles. The van der Waals surface area contributed by atoms with Crippen LogP contribution in [0.1, 0.15) is 40.7 Å². The molecule has 9 heteroatoms. The number of quaternary nitrogens is 1. The van der Waals surface area contributed by atoms with E-state index in [1.807, 2.05) is 54.6 Å². The summed E-state index contributed by atoms with van der Waals surface area (Å²) in [4.78, 5) is 33.9. The first kappa shape index (κ1) is 28.3. The van der Waals surface area contributed by atoms with E-state index in [0.29, 0.717) is 35.0 Å². The fourth-order valence-electron chi connectivity index (χ4n) is 6.87. The zero-order chi connectivity index (χ0) is 29.0. The van der Waals surface area contributed by atoms with Gasteiger partial charge < -0.3 is 30.5 Å². The number of benzene rings is 3. The van der Waals surface area contributed by atoms with Crippen LogP contribution in [-0.2, 0) is 15.2 Å². The van der Waals surface area contributed by atoms with E-state index >= 15 is 0 Å². The van der Waals surface area contributed by atoms with Crippen molar-refractivity contribution in [2.45, 2.75) is 30.9 Å². The summed E-state index contributed by atoms with van der Waals surface area (Å²) >= 11 is 0. The molecule has 0 saturated carbocycles. The van der Waals surface area contributed by atoms with E-state index in [1.165, 1.54) is 0 Å². The molecule has 9 nitrogen and oxygen atoms in total. The molecule has 3 aromatic carbocycles. The highest BCUT2D eigenvalue weighted by atomic mass is 16.5. The maximum absolute atomic E-state index is 13.8. The number of hydrogen-bond acceptors (Lipinski definition) is 5. The Hall–Kier alpha value is -4.21. The van der Waals surface area contributed by atoms with Crippen LogP contribution in [0.5, 0.6) is 5.75 Å². The van der Waals surface area contributed by atoms with Gasteiger partial charge in [0.15, 0.2) is 5.60 Å². The van der Waals surface area contributed by atoms with Crippen molar-refractivity contribution in [1.29, 1.82) is 0 Å². The molecule has 7 rings (SSSR count). The van der Waals surface area contributed by atoms with Gasteiger partial charge in [0.05, 0.1) is 44.4 Å². The monoisotopic (exact) mass is 558 g/mol. The first-order valence-electron chi connectivity index (χ1n) is 14.0. The van der Waals surface area contributed by atoms with Crippen molar-refractivity contribution in [1.82, 2.24) is 5.32 Å².